The van der Waals surface area contributed by atoms with Gasteiger partial charge in [0.15, 0.2) is 0 Å². The highest BCUT2D eigenvalue weighted by Gasteiger charge is 2.59. The van der Waals surface area contributed by atoms with Crippen LogP contribution in [-0.4, -0.2) is 25.8 Å². The van der Waals surface area contributed by atoms with Crippen LogP contribution in [0.15, 0.2) is 71.1 Å². The predicted octanol–water partition coefficient (Wildman–Crippen LogP) is 4.05. The summed E-state index contributed by atoms with van der Waals surface area (Å²) in [7, 11) is -3.42. The first-order valence-corrected chi connectivity index (χ1v) is 10.7. The van der Waals surface area contributed by atoms with Crippen LogP contribution in [-0.2, 0) is 15.4 Å². The molecule has 0 radical (unpaired) electrons. The molecule has 2 unspecified atom stereocenters. The molecule has 26 heavy (non-hydrogen) atoms. The average molecular weight is 365 g/mol. The summed E-state index contributed by atoms with van der Waals surface area (Å²) in [6.45, 7) is 3.15. The molecule has 0 aromatic heterocycles. The number of aryl methyl sites for hydroxylation is 1. The van der Waals surface area contributed by atoms with Gasteiger partial charge in [-0.3, -0.25) is 0 Å². The first kappa shape index (κ1) is 16.3. The highest BCUT2D eigenvalue weighted by molar-refractivity contribution is 7.89. The van der Waals surface area contributed by atoms with Crippen molar-refractivity contribution in [1.29, 1.82) is 0 Å². The van der Waals surface area contributed by atoms with E-state index in [1.54, 1.807) is 16.4 Å². The van der Waals surface area contributed by atoms with Gasteiger partial charge in [-0.05, 0) is 43.9 Å². The smallest absolute Gasteiger partial charge is 0.207 e. The van der Waals surface area contributed by atoms with Gasteiger partial charge in [-0.15, -0.1) is 0 Å². The highest BCUT2D eigenvalue weighted by atomic mass is 32.2. The van der Waals surface area contributed by atoms with Gasteiger partial charge in [0.25, 0.3) is 0 Å². The molecule has 0 N–H and O–H groups in total. The molecule has 2 bridgehead atoms. The molecule has 2 atom stereocenters. The SMILES string of the molecule is Cc1ccc(S(=O)(=O)N2CC3=CC4(c5ccccc5)CCC3(C2)C4)cc1. The van der Waals surface area contributed by atoms with Crippen molar-refractivity contribution in [2.24, 2.45) is 5.41 Å². The standard InChI is InChI=1S/C22H23NO2S/c1-17-7-9-20(10-8-17)26(24,25)23-14-19-13-21(18-5-3-2-4-6-18)11-12-22(19,15-21)16-23/h2-10,13H,11-12,14-16H2,1H3. The topological polar surface area (TPSA) is 37.4 Å². The van der Waals surface area contributed by atoms with Crippen LogP contribution in [0.1, 0.15) is 30.4 Å². The van der Waals surface area contributed by atoms with E-state index < -0.39 is 10.0 Å². The van der Waals surface area contributed by atoms with E-state index in [9.17, 15) is 8.42 Å². The molecule has 0 amide bonds. The zero-order valence-electron chi connectivity index (χ0n) is 15.0. The van der Waals surface area contributed by atoms with Crippen molar-refractivity contribution in [3.63, 3.8) is 0 Å². The Bertz CT molecular complexity index is 994. The summed E-state index contributed by atoms with van der Waals surface area (Å²) in [5.41, 5.74) is 3.96. The van der Waals surface area contributed by atoms with Crippen molar-refractivity contribution in [2.75, 3.05) is 13.1 Å². The van der Waals surface area contributed by atoms with E-state index >= 15 is 0 Å². The Morgan fingerprint density at radius 2 is 1.69 bits per heavy atom. The van der Waals surface area contributed by atoms with E-state index in [1.165, 1.54) is 11.1 Å². The molecule has 1 aliphatic heterocycles. The normalized spacial score (nSPS) is 30.4. The molecule has 4 heteroatoms. The van der Waals surface area contributed by atoms with Crippen LogP contribution in [0.2, 0.25) is 0 Å². The lowest BCUT2D eigenvalue weighted by Crippen LogP contribution is -2.32. The summed E-state index contributed by atoms with van der Waals surface area (Å²) in [5.74, 6) is 0. The number of sulfonamides is 1. The molecule has 5 rings (SSSR count). The van der Waals surface area contributed by atoms with Gasteiger partial charge < -0.3 is 0 Å². The summed E-state index contributed by atoms with van der Waals surface area (Å²) >= 11 is 0. The summed E-state index contributed by atoms with van der Waals surface area (Å²) in [5, 5.41) is 0. The fourth-order valence-corrected chi connectivity index (χ4v) is 6.79. The predicted molar refractivity (Wildman–Crippen MR) is 102 cm³/mol. The molecular weight excluding hydrogens is 342 g/mol. The highest BCUT2D eigenvalue weighted by Crippen LogP contribution is 2.64. The van der Waals surface area contributed by atoms with Crippen LogP contribution < -0.4 is 0 Å². The number of fused-ring (bicyclic) bond motifs is 1. The van der Waals surface area contributed by atoms with E-state index in [0.717, 1.165) is 24.8 Å². The summed E-state index contributed by atoms with van der Waals surface area (Å²) in [4.78, 5) is 0.410. The quantitative estimate of drug-likeness (QED) is 0.770. The lowest BCUT2D eigenvalue weighted by Gasteiger charge is -2.25. The molecule has 1 heterocycles. The number of hydrogen-bond donors (Lipinski definition) is 0. The third-order valence-corrected chi connectivity index (χ3v) is 8.47. The Morgan fingerprint density at radius 3 is 2.38 bits per heavy atom. The number of benzene rings is 2. The van der Waals surface area contributed by atoms with Crippen molar-refractivity contribution in [2.45, 2.75) is 36.5 Å². The minimum Gasteiger partial charge on any atom is -0.207 e. The van der Waals surface area contributed by atoms with Gasteiger partial charge in [0.05, 0.1) is 4.90 Å². The second-order valence-corrected chi connectivity index (χ2v) is 10.2. The van der Waals surface area contributed by atoms with Gasteiger partial charge in [0.1, 0.15) is 0 Å². The van der Waals surface area contributed by atoms with Gasteiger partial charge in [-0.2, -0.15) is 4.31 Å². The minimum absolute atomic E-state index is 0.0492. The number of rotatable bonds is 3. The van der Waals surface area contributed by atoms with E-state index in [4.69, 9.17) is 0 Å². The number of nitrogens with zero attached hydrogens (tertiary/aromatic N) is 1. The van der Waals surface area contributed by atoms with Gasteiger partial charge >= 0.3 is 0 Å². The van der Waals surface area contributed by atoms with Crippen LogP contribution in [0.3, 0.4) is 0 Å². The van der Waals surface area contributed by atoms with Crippen LogP contribution in [0, 0.1) is 12.3 Å². The maximum absolute atomic E-state index is 13.1. The Kier molecular flexibility index (Phi) is 3.32. The van der Waals surface area contributed by atoms with Gasteiger partial charge in [-0.25, -0.2) is 8.42 Å². The molecule has 2 fully saturated rings. The molecule has 134 valence electrons. The molecule has 1 saturated carbocycles. The first-order chi connectivity index (χ1) is 12.4. The fraction of sp³-hybridized carbons (Fsp3) is 0.364. The Labute approximate surface area is 155 Å². The molecular formula is C22H23NO2S. The third-order valence-electron chi connectivity index (χ3n) is 6.67. The largest absolute Gasteiger partial charge is 0.243 e. The molecule has 2 aromatic rings. The average Bonchev–Trinajstić information content (AvgIpc) is 3.29. The molecule has 1 saturated heterocycles. The maximum atomic E-state index is 13.1. The van der Waals surface area contributed by atoms with Crippen LogP contribution in [0.25, 0.3) is 0 Å². The van der Waals surface area contributed by atoms with E-state index in [2.05, 4.69) is 36.4 Å². The Hall–Kier alpha value is -1.91. The molecule has 2 aliphatic carbocycles. The van der Waals surface area contributed by atoms with Crippen molar-refractivity contribution >= 4 is 10.0 Å². The van der Waals surface area contributed by atoms with Gasteiger partial charge in [-0.1, -0.05) is 59.7 Å². The first-order valence-electron chi connectivity index (χ1n) is 9.28. The lowest BCUT2D eigenvalue weighted by molar-refractivity contribution is 0.351. The van der Waals surface area contributed by atoms with Gasteiger partial charge in [0.2, 0.25) is 10.0 Å². The van der Waals surface area contributed by atoms with Crippen LogP contribution in [0.5, 0.6) is 0 Å². The van der Waals surface area contributed by atoms with E-state index in [-0.39, 0.29) is 10.8 Å². The molecule has 3 nitrogen and oxygen atoms in total. The Morgan fingerprint density at radius 1 is 0.962 bits per heavy atom. The van der Waals surface area contributed by atoms with Gasteiger partial charge in [0, 0.05) is 23.9 Å². The van der Waals surface area contributed by atoms with Crippen molar-refractivity contribution < 1.29 is 8.42 Å². The van der Waals surface area contributed by atoms with Crippen LogP contribution in [0.4, 0.5) is 0 Å². The van der Waals surface area contributed by atoms with E-state index in [1.807, 2.05) is 19.1 Å². The fourth-order valence-electron chi connectivity index (χ4n) is 5.29. The Balaban J connectivity index is 1.48. The minimum atomic E-state index is -3.42. The van der Waals surface area contributed by atoms with E-state index in [0.29, 0.717) is 18.0 Å². The van der Waals surface area contributed by atoms with Crippen molar-refractivity contribution in [3.05, 3.63) is 77.4 Å². The monoisotopic (exact) mass is 365 g/mol. The molecule has 1 spiro atoms. The van der Waals surface area contributed by atoms with Crippen LogP contribution >= 0.6 is 0 Å². The number of allylic oxidation sites excluding steroid dienone is 1. The second-order valence-electron chi connectivity index (χ2n) is 8.23. The van der Waals surface area contributed by atoms with Crippen molar-refractivity contribution in [3.8, 4) is 0 Å². The van der Waals surface area contributed by atoms with Crippen molar-refractivity contribution in [1.82, 2.24) is 4.31 Å². The zero-order chi connectivity index (χ0) is 18.0. The molecule has 3 aliphatic rings. The number of hydrogen-bond acceptors (Lipinski definition) is 2. The summed E-state index contributed by atoms with van der Waals surface area (Å²) in [6.07, 6.45) is 5.67. The zero-order valence-corrected chi connectivity index (χ0v) is 15.8. The third kappa shape index (κ3) is 2.18. The summed E-state index contributed by atoms with van der Waals surface area (Å²) in [6, 6.07) is 17.9. The second kappa shape index (κ2) is 5.30. The lowest BCUT2D eigenvalue weighted by atomic mass is 9.80. The summed E-state index contributed by atoms with van der Waals surface area (Å²) < 4.78 is 27.9. The maximum Gasteiger partial charge on any atom is 0.243 e. The molecule has 2 aromatic carbocycles.